The van der Waals surface area contributed by atoms with Gasteiger partial charge in [0.15, 0.2) is 11.5 Å². The van der Waals surface area contributed by atoms with Crippen molar-refractivity contribution in [1.82, 2.24) is 5.43 Å². The molecule has 0 aliphatic carbocycles. The molecule has 1 amide bonds. The van der Waals surface area contributed by atoms with E-state index in [9.17, 15) is 4.79 Å². The molecule has 1 heterocycles. The molecule has 104 valence electrons. The van der Waals surface area contributed by atoms with Crippen LogP contribution >= 0.6 is 0 Å². The van der Waals surface area contributed by atoms with E-state index in [4.69, 9.17) is 20.1 Å². The Bertz CT molecular complexity index is 438. The first-order chi connectivity index (χ1) is 9.24. The Hall–Kier alpha value is -1.79. The van der Waals surface area contributed by atoms with Gasteiger partial charge in [-0.1, -0.05) is 12.1 Å². The zero-order chi connectivity index (χ0) is 13.7. The van der Waals surface area contributed by atoms with Gasteiger partial charge in [0.25, 0.3) is 5.91 Å². The summed E-state index contributed by atoms with van der Waals surface area (Å²) in [6.45, 7) is 0.384. The molecule has 1 aromatic carbocycles. The quantitative estimate of drug-likeness (QED) is 0.463. The minimum atomic E-state index is -0.476. The number of ether oxygens (including phenoxy) is 3. The summed E-state index contributed by atoms with van der Waals surface area (Å²) in [5.74, 6) is 6.13. The number of carbonyl (C=O) groups is 1. The van der Waals surface area contributed by atoms with Crippen LogP contribution < -0.4 is 20.7 Å². The summed E-state index contributed by atoms with van der Waals surface area (Å²) in [6, 6.07) is 7.41. The number of hydrogen-bond acceptors (Lipinski definition) is 5. The molecule has 0 bridgehead atoms. The summed E-state index contributed by atoms with van der Waals surface area (Å²) in [7, 11) is 1.59. The molecule has 2 atom stereocenters. The molecular weight excluding hydrogens is 248 g/mol. The summed E-state index contributed by atoms with van der Waals surface area (Å²) < 4.78 is 16.4. The van der Waals surface area contributed by atoms with E-state index in [0.717, 1.165) is 6.42 Å². The van der Waals surface area contributed by atoms with E-state index in [-0.39, 0.29) is 12.0 Å². The van der Waals surface area contributed by atoms with Crippen LogP contribution in [0.2, 0.25) is 0 Å². The van der Waals surface area contributed by atoms with E-state index in [0.29, 0.717) is 24.5 Å². The highest BCUT2D eigenvalue weighted by atomic mass is 16.6. The second-order valence-electron chi connectivity index (χ2n) is 4.29. The third-order valence-corrected chi connectivity index (χ3v) is 3.04. The summed E-state index contributed by atoms with van der Waals surface area (Å²) in [5.41, 5.74) is 2.09. The number of rotatable bonds is 5. The molecular formula is C13H18N2O4. The van der Waals surface area contributed by atoms with Gasteiger partial charge in [-0.2, -0.15) is 0 Å². The van der Waals surface area contributed by atoms with Crippen LogP contribution in [0.4, 0.5) is 0 Å². The third-order valence-electron chi connectivity index (χ3n) is 3.04. The van der Waals surface area contributed by atoms with E-state index < -0.39 is 6.10 Å². The SMILES string of the molecule is COc1ccccc1OCC1CCC(C(=O)NN)O1. The van der Waals surface area contributed by atoms with Crippen LogP contribution in [0.25, 0.3) is 0 Å². The van der Waals surface area contributed by atoms with Crippen molar-refractivity contribution in [3.63, 3.8) is 0 Å². The molecule has 0 aromatic heterocycles. The van der Waals surface area contributed by atoms with Gasteiger partial charge in [-0.15, -0.1) is 0 Å². The minimum Gasteiger partial charge on any atom is -0.493 e. The number of methoxy groups -OCH3 is 1. The van der Waals surface area contributed by atoms with Gasteiger partial charge < -0.3 is 14.2 Å². The fourth-order valence-electron chi connectivity index (χ4n) is 2.03. The molecule has 3 N–H and O–H groups in total. The molecule has 19 heavy (non-hydrogen) atoms. The Labute approximate surface area is 111 Å². The molecule has 1 fully saturated rings. The van der Waals surface area contributed by atoms with Crippen LogP contribution in [0.5, 0.6) is 11.5 Å². The van der Waals surface area contributed by atoms with E-state index in [1.807, 2.05) is 24.3 Å². The average molecular weight is 266 g/mol. The number of para-hydroxylation sites is 2. The number of hydrazine groups is 1. The Balaban J connectivity index is 1.85. The summed E-state index contributed by atoms with van der Waals surface area (Å²) in [4.78, 5) is 11.3. The smallest absolute Gasteiger partial charge is 0.263 e. The highest BCUT2D eigenvalue weighted by Crippen LogP contribution is 2.27. The predicted octanol–water partition coefficient (Wildman–Crippen LogP) is 0.611. The van der Waals surface area contributed by atoms with Crippen LogP contribution in [0.3, 0.4) is 0 Å². The zero-order valence-electron chi connectivity index (χ0n) is 10.8. The average Bonchev–Trinajstić information content (AvgIpc) is 2.93. The molecule has 1 aliphatic heterocycles. The fourth-order valence-corrected chi connectivity index (χ4v) is 2.03. The summed E-state index contributed by atoms with van der Waals surface area (Å²) >= 11 is 0. The van der Waals surface area contributed by atoms with Crippen molar-refractivity contribution in [2.75, 3.05) is 13.7 Å². The van der Waals surface area contributed by atoms with Crippen LogP contribution in [-0.4, -0.2) is 31.8 Å². The van der Waals surface area contributed by atoms with E-state index >= 15 is 0 Å². The van der Waals surface area contributed by atoms with Crippen LogP contribution in [-0.2, 0) is 9.53 Å². The largest absolute Gasteiger partial charge is 0.493 e. The standard InChI is InChI=1S/C13H18N2O4/c1-17-10-4-2-3-5-11(10)18-8-9-6-7-12(19-9)13(16)15-14/h2-5,9,12H,6-8,14H2,1H3,(H,15,16). The van der Waals surface area contributed by atoms with Gasteiger partial charge >= 0.3 is 0 Å². The first-order valence-corrected chi connectivity index (χ1v) is 6.16. The van der Waals surface area contributed by atoms with Gasteiger partial charge in [0.05, 0.1) is 13.2 Å². The van der Waals surface area contributed by atoms with Crippen molar-refractivity contribution in [2.45, 2.75) is 25.0 Å². The van der Waals surface area contributed by atoms with Crippen molar-refractivity contribution in [2.24, 2.45) is 5.84 Å². The Morgan fingerprint density at radius 2 is 2.16 bits per heavy atom. The fraction of sp³-hybridized carbons (Fsp3) is 0.462. The highest BCUT2D eigenvalue weighted by molar-refractivity contribution is 5.80. The first-order valence-electron chi connectivity index (χ1n) is 6.16. The lowest BCUT2D eigenvalue weighted by Crippen LogP contribution is -2.39. The van der Waals surface area contributed by atoms with Gasteiger partial charge in [-0.3, -0.25) is 10.2 Å². The number of benzene rings is 1. The van der Waals surface area contributed by atoms with Crippen molar-refractivity contribution in [3.05, 3.63) is 24.3 Å². The van der Waals surface area contributed by atoms with Gasteiger partial charge in [-0.25, -0.2) is 5.84 Å². The van der Waals surface area contributed by atoms with Gasteiger partial charge in [0, 0.05) is 0 Å². The van der Waals surface area contributed by atoms with E-state index in [1.165, 1.54) is 0 Å². The van der Waals surface area contributed by atoms with E-state index in [2.05, 4.69) is 5.43 Å². The lowest BCUT2D eigenvalue weighted by atomic mass is 10.2. The maximum Gasteiger partial charge on any atom is 0.263 e. The molecule has 1 aliphatic rings. The monoisotopic (exact) mass is 266 g/mol. The Morgan fingerprint density at radius 1 is 1.42 bits per heavy atom. The predicted molar refractivity (Wildman–Crippen MR) is 68.7 cm³/mol. The van der Waals surface area contributed by atoms with Gasteiger partial charge in [-0.05, 0) is 25.0 Å². The van der Waals surface area contributed by atoms with Crippen molar-refractivity contribution < 1.29 is 19.0 Å². The van der Waals surface area contributed by atoms with Crippen LogP contribution in [0.15, 0.2) is 24.3 Å². The lowest BCUT2D eigenvalue weighted by Gasteiger charge is -2.15. The number of amides is 1. The molecule has 0 saturated carbocycles. The Kier molecular flexibility index (Phi) is 4.59. The zero-order valence-corrected chi connectivity index (χ0v) is 10.8. The van der Waals surface area contributed by atoms with Crippen molar-refractivity contribution in [3.8, 4) is 11.5 Å². The maximum atomic E-state index is 11.3. The van der Waals surface area contributed by atoms with Gasteiger partial charge in [0.2, 0.25) is 0 Å². The first kappa shape index (κ1) is 13.6. The highest BCUT2D eigenvalue weighted by Gasteiger charge is 2.30. The van der Waals surface area contributed by atoms with Crippen molar-refractivity contribution >= 4 is 5.91 Å². The Morgan fingerprint density at radius 3 is 2.84 bits per heavy atom. The molecule has 1 saturated heterocycles. The van der Waals surface area contributed by atoms with Crippen LogP contribution in [0.1, 0.15) is 12.8 Å². The molecule has 2 unspecified atom stereocenters. The topological polar surface area (TPSA) is 82.8 Å². The number of nitrogens with one attached hydrogen (secondary N) is 1. The molecule has 0 radical (unpaired) electrons. The van der Waals surface area contributed by atoms with Crippen molar-refractivity contribution in [1.29, 1.82) is 0 Å². The molecule has 1 aromatic rings. The molecule has 0 spiro atoms. The lowest BCUT2D eigenvalue weighted by molar-refractivity contribution is -0.132. The van der Waals surface area contributed by atoms with Crippen LogP contribution in [0, 0.1) is 0 Å². The number of hydrogen-bond donors (Lipinski definition) is 2. The minimum absolute atomic E-state index is 0.104. The summed E-state index contributed by atoms with van der Waals surface area (Å²) in [5, 5.41) is 0. The molecule has 2 rings (SSSR count). The number of nitrogens with two attached hydrogens (primary N) is 1. The second-order valence-corrected chi connectivity index (χ2v) is 4.29. The normalized spacial score (nSPS) is 22.0. The maximum absolute atomic E-state index is 11.3. The van der Waals surface area contributed by atoms with Gasteiger partial charge in [0.1, 0.15) is 12.7 Å². The van der Waals surface area contributed by atoms with E-state index in [1.54, 1.807) is 7.11 Å². The third kappa shape index (κ3) is 3.36. The molecule has 6 nitrogen and oxygen atoms in total. The molecule has 6 heteroatoms. The summed E-state index contributed by atoms with van der Waals surface area (Å²) in [6.07, 6.45) is 0.847. The number of carbonyl (C=O) groups excluding carboxylic acids is 1. The second kappa shape index (κ2) is 6.40.